The molecule has 9 nitrogen and oxygen atoms in total. The van der Waals surface area contributed by atoms with Crippen LogP contribution in [0.2, 0.25) is 0 Å². The standard InChI is InChI=1S/C26H22N6O3/c1-2-31-23-22(25(34)30-26(31)35)18(13-20(29-23)15-7-8-15)24(33)28-16-9-11-17(12-10-16)32-14-27-19-5-3-4-6-21(19)32/h3-6,9-15H,2,7-8H2,1H3,(H,28,33)(H,30,34,35). The minimum Gasteiger partial charge on any atom is -0.322 e. The first kappa shape index (κ1) is 21.0. The summed E-state index contributed by atoms with van der Waals surface area (Å²) in [7, 11) is 0. The summed E-state index contributed by atoms with van der Waals surface area (Å²) in [5.41, 5.74) is 3.43. The Hall–Kier alpha value is -4.53. The van der Waals surface area contributed by atoms with Crippen molar-refractivity contribution < 1.29 is 4.79 Å². The van der Waals surface area contributed by atoms with Crippen molar-refractivity contribution >= 4 is 33.7 Å². The maximum Gasteiger partial charge on any atom is 0.329 e. The number of nitrogens with one attached hydrogen (secondary N) is 2. The van der Waals surface area contributed by atoms with E-state index >= 15 is 0 Å². The van der Waals surface area contributed by atoms with Crippen LogP contribution in [0.15, 0.2) is 70.5 Å². The monoisotopic (exact) mass is 466 g/mol. The number of rotatable bonds is 5. The van der Waals surface area contributed by atoms with E-state index in [-0.39, 0.29) is 22.5 Å². The molecule has 9 heteroatoms. The van der Waals surface area contributed by atoms with Gasteiger partial charge in [-0.1, -0.05) is 12.1 Å². The smallest absolute Gasteiger partial charge is 0.322 e. The summed E-state index contributed by atoms with van der Waals surface area (Å²) >= 11 is 0. The molecule has 35 heavy (non-hydrogen) atoms. The van der Waals surface area contributed by atoms with Gasteiger partial charge in [-0.2, -0.15) is 0 Å². The van der Waals surface area contributed by atoms with Crippen molar-refractivity contribution in [3.63, 3.8) is 0 Å². The van der Waals surface area contributed by atoms with Crippen LogP contribution in [0.4, 0.5) is 5.69 Å². The highest BCUT2D eigenvalue weighted by Gasteiger charge is 2.28. The quantitative estimate of drug-likeness (QED) is 0.411. The van der Waals surface area contributed by atoms with E-state index in [1.54, 1.807) is 31.5 Å². The molecule has 174 valence electrons. The summed E-state index contributed by atoms with van der Waals surface area (Å²) in [5.74, 6) is -0.179. The van der Waals surface area contributed by atoms with Gasteiger partial charge < -0.3 is 5.32 Å². The summed E-state index contributed by atoms with van der Waals surface area (Å²) in [4.78, 5) is 49.7. The number of fused-ring (bicyclic) bond motifs is 2. The summed E-state index contributed by atoms with van der Waals surface area (Å²) in [6, 6.07) is 16.9. The minimum atomic E-state index is -0.614. The lowest BCUT2D eigenvalue weighted by atomic mass is 10.1. The average molecular weight is 467 g/mol. The van der Waals surface area contributed by atoms with E-state index in [1.807, 2.05) is 41.0 Å². The second kappa shape index (κ2) is 8.05. The molecule has 6 rings (SSSR count). The highest BCUT2D eigenvalue weighted by Crippen LogP contribution is 2.40. The number of nitrogens with zero attached hydrogens (tertiary/aromatic N) is 4. The van der Waals surface area contributed by atoms with Gasteiger partial charge in [0.25, 0.3) is 11.5 Å². The molecule has 1 saturated carbocycles. The van der Waals surface area contributed by atoms with E-state index in [2.05, 4.69) is 20.3 Å². The SMILES string of the molecule is CCn1c(=O)[nH]c(=O)c2c(C(=O)Nc3ccc(-n4cnc5ccccc54)cc3)cc(C3CC3)nc21. The fourth-order valence-corrected chi connectivity index (χ4v) is 4.42. The highest BCUT2D eigenvalue weighted by molar-refractivity contribution is 6.11. The number of aromatic amines is 1. The predicted molar refractivity (Wildman–Crippen MR) is 133 cm³/mol. The Bertz CT molecular complexity index is 1720. The number of H-pyrrole nitrogens is 1. The molecule has 3 heterocycles. The number of aromatic nitrogens is 5. The molecular formula is C26H22N6O3. The van der Waals surface area contributed by atoms with Gasteiger partial charge in [-0.3, -0.25) is 23.7 Å². The van der Waals surface area contributed by atoms with Gasteiger partial charge in [0.2, 0.25) is 0 Å². The van der Waals surface area contributed by atoms with Gasteiger partial charge in [0.1, 0.15) is 6.33 Å². The fourth-order valence-electron chi connectivity index (χ4n) is 4.42. The van der Waals surface area contributed by atoms with E-state index in [0.29, 0.717) is 12.2 Å². The molecule has 3 aromatic heterocycles. The van der Waals surface area contributed by atoms with Crippen LogP contribution in [0.5, 0.6) is 0 Å². The number of carbonyl (C=O) groups excluding carboxylic acids is 1. The van der Waals surface area contributed by atoms with Crippen LogP contribution in [-0.4, -0.2) is 30.0 Å². The van der Waals surface area contributed by atoms with Crippen LogP contribution in [0.3, 0.4) is 0 Å². The number of amides is 1. The molecule has 0 bridgehead atoms. The molecule has 1 aliphatic carbocycles. The third-order valence-corrected chi connectivity index (χ3v) is 6.38. The number of anilines is 1. The first-order chi connectivity index (χ1) is 17.0. The van der Waals surface area contributed by atoms with Crippen LogP contribution < -0.4 is 16.6 Å². The molecule has 0 radical (unpaired) electrons. The zero-order valence-corrected chi connectivity index (χ0v) is 19.0. The molecule has 0 saturated heterocycles. The van der Waals surface area contributed by atoms with Crippen molar-refractivity contribution in [2.75, 3.05) is 5.32 Å². The van der Waals surface area contributed by atoms with Gasteiger partial charge in [0.15, 0.2) is 5.65 Å². The first-order valence-corrected chi connectivity index (χ1v) is 11.5. The van der Waals surface area contributed by atoms with Crippen molar-refractivity contribution in [2.45, 2.75) is 32.2 Å². The molecule has 2 aromatic carbocycles. The molecule has 5 aromatic rings. The summed E-state index contributed by atoms with van der Waals surface area (Å²) in [5, 5.41) is 3.01. The van der Waals surface area contributed by atoms with Gasteiger partial charge in [0, 0.05) is 29.5 Å². The lowest BCUT2D eigenvalue weighted by Gasteiger charge is -2.13. The lowest BCUT2D eigenvalue weighted by molar-refractivity contribution is 0.102. The van der Waals surface area contributed by atoms with Crippen LogP contribution in [0.1, 0.15) is 41.7 Å². The van der Waals surface area contributed by atoms with Crippen molar-refractivity contribution in [3.05, 3.63) is 93.0 Å². The van der Waals surface area contributed by atoms with E-state index in [0.717, 1.165) is 35.3 Å². The Morgan fingerprint density at radius 2 is 1.89 bits per heavy atom. The Morgan fingerprint density at radius 3 is 2.63 bits per heavy atom. The number of pyridine rings is 1. The van der Waals surface area contributed by atoms with Crippen LogP contribution in [0.25, 0.3) is 27.8 Å². The van der Waals surface area contributed by atoms with Gasteiger partial charge in [-0.25, -0.2) is 14.8 Å². The molecule has 0 unspecified atom stereocenters. The fraction of sp³-hybridized carbons (Fsp3) is 0.192. The maximum absolute atomic E-state index is 13.4. The van der Waals surface area contributed by atoms with E-state index in [1.165, 1.54) is 4.57 Å². The van der Waals surface area contributed by atoms with Gasteiger partial charge in [-0.15, -0.1) is 0 Å². The second-order valence-corrected chi connectivity index (χ2v) is 8.68. The lowest BCUT2D eigenvalue weighted by Crippen LogP contribution is -2.32. The molecule has 1 amide bonds. The largest absolute Gasteiger partial charge is 0.329 e. The normalized spacial score (nSPS) is 13.4. The van der Waals surface area contributed by atoms with E-state index in [4.69, 9.17) is 0 Å². The zero-order valence-electron chi connectivity index (χ0n) is 19.0. The molecule has 0 spiro atoms. The molecule has 0 atom stereocenters. The number of para-hydroxylation sites is 2. The number of aryl methyl sites for hydroxylation is 1. The Labute approximate surface area is 199 Å². The molecule has 1 fully saturated rings. The minimum absolute atomic E-state index is 0.120. The summed E-state index contributed by atoms with van der Waals surface area (Å²) < 4.78 is 3.37. The number of carbonyl (C=O) groups is 1. The Kier molecular flexibility index (Phi) is 4.84. The second-order valence-electron chi connectivity index (χ2n) is 8.68. The number of hydrogen-bond donors (Lipinski definition) is 2. The molecular weight excluding hydrogens is 444 g/mol. The summed E-state index contributed by atoms with van der Waals surface area (Å²) in [6.45, 7) is 2.13. The van der Waals surface area contributed by atoms with Crippen LogP contribution in [0, 0.1) is 0 Å². The van der Waals surface area contributed by atoms with Crippen molar-refractivity contribution in [3.8, 4) is 5.69 Å². The highest BCUT2D eigenvalue weighted by atomic mass is 16.2. The predicted octanol–water partition coefficient (Wildman–Crippen LogP) is 3.57. The third-order valence-electron chi connectivity index (χ3n) is 6.38. The molecule has 0 aliphatic heterocycles. The maximum atomic E-state index is 13.4. The molecule has 1 aliphatic rings. The van der Waals surface area contributed by atoms with Gasteiger partial charge in [0.05, 0.1) is 22.0 Å². The third kappa shape index (κ3) is 3.61. The van der Waals surface area contributed by atoms with Crippen LogP contribution >= 0.6 is 0 Å². The Morgan fingerprint density at radius 1 is 1.11 bits per heavy atom. The van der Waals surface area contributed by atoms with Crippen LogP contribution in [-0.2, 0) is 6.54 Å². The van der Waals surface area contributed by atoms with E-state index < -0.39 is 17.2 Å². The number of imidazole rings is 1. The average Bonchev–Trinajstić information content (AvgIpc) is 3.63. The zero-order chi connectivity index (χ0) is 24.1. The topological polar surface area (TPSA) is 115 Å². The van der Waals surface area contributed by atoms with Crippen molar-refractivity contribution in [1.82, 2.24) is 24.1 Å². The Balaban J connectivity index is 1.37. The van der Waals surface area contributed by atoms with E-state index in [9.17, 15) is 14.4 Å². The van der Waals surface area contributed by atoms with Crippen molar-refractivity contribution in [2.24, 2.45) is 0 Å². The first-order valence-electron chi connectivity index (χ1n) is 11.5. The van der Waals surface area contributed by atoms with Gasteiger partial charge >= 0.3 is 5.69 Å². The van der Waals surface area contributed by atoms with Crippen molar-refractivity contribution in [1.29, 1.82) is 0 Å². The summed E-state index contributed by atoms with van der Waals surface area (Å²) in [6.07, 6.45) is 3.72. The number of hydrogen-bond acceptors (Lipinski definition) is 5. The number of benzene rings is 2. The van der Waals surface area contributed by atoms with Gasteiger partial charge in [-0.05, 0) is 62.2 Å². The molecule has 2 N–H and O–H groups in total.